The molecule has 1 aromatic rings. The van der Waals surface area contributed by atoms with Crippen molar-refractivity contribution in [2.75, 3.05) is 0 Å². The van der Waals surface area contributed by atoms with E-state index in [0.29, 0.717) is 0 Å². The number of benzene rings is 1. The summed E-state index contributed by atoms with van der Waals surface area (Å²) in [5.74, 6) is 0. The molecule has 0 saturated carbocycles. The SMILES string of the molecule is CCCCc1cc(C(C)(C)C)[c]c(C(C)(C)C)c1. The maximum Gasteiger partial charge on any atom is -0.0103 e. The molecule has 0 atom stereocenters. The Balaban J connectivity index is 3.21. The number of aryl methyl sites for hydroxylation is 1. The van der Waals surface area contributed by atoms with Gasteiger partial charge in [0.25, 0.3) is 0 Å². The van der Waals surface area contributed by atoms with Crippen LogP contribution in [0.4, 0.5) is 0 Å². The highest BCUT2D eigenvalue weighted by Gasteiger charge is 2.20. The van der Waals surface area contributed by atoms with Crippen molar-refractivity contribution in [3.05, 3.63) is 34.9 Å². The van der Waals surface area contributed by atoms with Gasteiger partial charge in [0.05, 0.1) is 0 Å². The lowest BCUT2D eigenvalue weighted by atomic mass is 9.79. The van der Waals surface area contributed by atoms with Crippen LogP contribution < -0.4 is 0 Å². The summed E-state index contributed by atoms with van der Waals surface area (Å²) >= 11 is 0. The van der Waals surface area contributed by atoms with Crippen LogP contribution in [0.25, 0.3) is 0 Å². The van der Waals surface area contributed by atoms with E-state index in [-0.39, 0.29) is 10.8 Å². The normalized spacial score (nSPS) is 12.8. The van der Waals surface area contributed by atoms with Crippen molar-refractivity contribution in [1.82, 2.24) is 0 Å². The fraction of sp³-hybridized carbons (Fsp3) is 0.667. The molecule has 0 fully saturated rings. The zero-order chi connectivity index (χ0) is 14.0. The second kappa shape index (κ2) is 5.47. The number of hydrogen-bond acceptors (Lipinski definition) is 0. The fourth-order valence-electron chi connectivity index (χ4n) is 1.96. The summed E-state index contributed by atoms with van der Waals surface area (Å²) in [7, 11) is 0. The molecule has 0 N–H and O–H groups in total. The van der Waals surface area contributed by atoms with E-state index in [1.165, 1.54) is 36.0 Å². The summed E-state index contributed by atoms with van der Waals surface area (Å²) in [5.41, 5.74) is 4.54. The van der Waals surface area contributed by atoms with Gasteiger partial charge in [-0.25, -0.2) is 0 Å². The van der Waals surface area contributed by atoms with E-state index in [0.717, 1.165) is 0 Å². The molecule has 0 nitrogen and oxygen atoms in total. The largest absolute Gasteiger partial charge is 0.0654 e. The monoisotopic (exact) mass is 245 g/mol. The van der Waals surface area contributed by atoms with E-state index in [4.69, 9.17) is 0 Å². The third-order valence-corrected chi connectivity index (χ3v) is 3.36. The smallest absolute Gasteiger partial charge is 0.0103 e. The average molecular weight is 245 g/mol. The van der Waals surface area contributed by atoms with Gasteiger partial charge < -0.3 is 0 Å². The van der Waals surface area contributed by atoms with Gasteiger partial charge in [-0.2, -0.15) is 0 Å². The number of unbranched alkanes of at least 4 members (excludes halogenated alkanes) is 1. The first-order valence-electron chi connectivity index (χ1n) is 7.22. The standard InChI is InChI=1S/C18H29/c1-8-9-10-14-11-15(17(2,3)4)13-16(12-14)18(5,6)7/h11-12H,8-10H2,1-7H3. The Hall–Kier alpha value is -0.780. The highest BCUT2D eigenvalue weighted by molar-refractivity contribution is 5.36. The van der Waals surface area contributed by atoms with E-state index in [1.807, 2.05) is 0 Å². The Morgan fingerprint density at radius 3 is 1.67 bits per heavy atom. The summed E-state index contributed by atoms with van der Waals surface area (Å²) in [5, 5.41) is 0. The molecular weight excluding hydrogens is 216 g/mol. The van der Waals surface area contributed by atoms with Crippen LogP contribution in [0.3, 0.4) is 0 Å². The van der Waals surface area contributed by atoms with Gasteiger partial charge in [-0.15, -0.1) is 0 Å². The molecule has 0 heterocycles. The van der Waals surface area contributed by atoms with Gasteiger partial charge in [-0.1, -0.05) is 67.0 Å². The first-order chi connectivity index (χ1) is 8.14. The minimum Gasteiger partial charge on any atom is -0.0654 e. The van der Waals surface area contributed by atoms with E-state index < -0.39 is 0 Å². The van der Waals surface area contributed by atoms with Crippen molar-refractivity contribution in [2.24, 2.45) is 0 Å². The molecule has 1 aromatic carbocycles. The third kappa shape index (κ3) is 4.15. The molecule has 0 aromatic heterocycles. The Morgan fingerprint density at radius 1 is 0.889 bits per heavy atom. The number of rotatable bonds is 3. The average Bonchev–Trinajstić information content (AvgIpc) is 2.23. The van der Waals surface area contributed by atoms with Crippen LogP contribution in [0.5, 0.6) is 0 Å². The predicted octanol–water partition coefficient (Wildman–Crippen LogP) is 5.42. The lowest BCUT2D eigenvalue weighted by Crippen LogP contribution is -2.17. The Labute approximate surface area is 114 Å². The van der Waals surface area contributed by atoms with Gasteiger partial charge in [0.15, 0.2) is 0 Å². The molecule has 0 amide bonds. The van der Waals surface area contributed by atoms with Crippen LogP contribution in [-0.2, 0) is 17.3 Å². The molecule has 101 valence electrons. The zero-order valence-electron chi connectivity index (χ0n) is 13.3. The van der Waals surface area contributed by atoms with E-state index in [2.05, 4.69) is 66.7 Å². The lowest BCUT2D eigenvalue weighted by Gasteiger charge is -2.25. The second-order valence-corrected chi connectivity index (χ2v) is 7.42. The Kier molecular flexibility index (Phi) is 4.64. The van der Waals surface area contributed by atoms with Crippen LogP contribution in [0, 0.1) is 6.07 Å². The van der Waals surface area contributed by atoms with Gasteiger partial charge in [-0.05, 0) is 46.4 Å². The van der Waals surface area contributed by atoms with Gasteiger partial charge in [0, 0.05) is 0 Å². The van der Waals surface area contributed by atoms with Crippen LogP contribution in [0.2, 0.25) is 0 Å². The quantitative estimate of drug-likeness (QED) is 0.666. The van der Waals surface area contributed by atoms with Gasteiger partial charge in [0.2, 0.25) is 0 Å². The van der Waals surface area contributed by atoms with Crippen molar-refractivity contribution < 1.29 is 0 Å². The lowest BCUT2D eigenvalue weighted by molar-refractivity contribution is 0.564. The van der Waals surface area contributed by atoms with Crippen molar-refractivity contribution in [3.8, 4) is 0 Å². The van der Waals surface area contributed by atoms with E-state index >= 15 is 0 Å². The highest BCUT2D eigenvalue weighted by Crippen LogP contribution is 2.30. The summed E-state index contributed by atoms with van der Waals surface area (Å²) in [6.45, 7) is 15.9. The first kappa shape index (κ1) is 15.3. The molecule has 0 bridgehead atoms. The van der Waals surface area contributed by atoms with Crippen LogP contribution in [-0.4, -0.2) is 0 Å². The summed E-state index contributed by atoms with van der Waals surface area (Å²) in [4.78, 5) is 0. The molecule has 0 aliphatic carbocycles. The minimum atomic E-state index is 0.183. The van der Waals surface area contributed by atoms with Gasteiger partial charge in [0.1, 0.15) is 0 Å². The minimum absolute atomic E-state index is 0.183. The fourth-order valence-corrected chi connectivity index (χ4v) is 1.96. The molecule has 0 heteroatoms. The number of hydrogen-bond donors (Lipinski definition) is 0. The third-order valence-electron chi connectivity index (χ3n) is 3.36. The predicted molar refractivity (Wildman–Crippen MR) is 81.3 cm³/mol. The van der Waals surface area contributed by atoms with Gasteiger partial charge >= 0.3 is 0 Å². The van der Waals surface area contributed by atoms with Crippen LogP contribution in [0.1, 0.15) is 78.0 Å². The maximum atomic E-state index is 3.64. The van der Waals surface area contributed by atoms with E-state index in [9.17, 15) is 0 Å². The zero-order valence-corrected chi connectivity index (χ0v) is 13.3. The molecule has 0 spiro atoms. The van der Waals surface area contributed by atoms with Crippen molar-refractivity contribution in [1.29, 1.82) is 0 Å². The Bertz CT molecular complexity index is 353. The van der Waals surface area contributed by atoms with Crippen LogP contribution in [0.15, 0.2) is 12.1 Å². The molecule has 0 aliphatic rings. The molecule has 1 rings (SSSR count). The molecule has 18 heavy (non-hydrogen) atoms. The van der Waals surface area contributed by atoms with E-state index in [1.54, 1.807) is 0 Å². The summed E-state index contributed by atoms with van der Waals surface area (Å²) in [6, 6.07) is 8.35. The Morgan fingerprint density at radius 2 is 1.33 bits per heavy atom. The molecule has 1 radical (unpaired) electrons. The molecular formula is C18H29. The van der Waals surface area contributed by atoms with Crippen LogP contribution >= 0.6 is 0 Å². The summed E-state index contributed by atoms with van der Waals surface area (Å²) in [6.07, 6.45) is 3.73. The van der Waals surface area contributed by atoms with Gasteiger partial charge in [-0.3, -0.25) is 0 Å². The van der Waals surface area contributed by atoms with Crippen molar-refractivity contribution >= 4 is 0 Å². The molecule has 0 unspecified atom stereocenters. The second-order valence-electron chi connectivity index (χ2n) is 7.42. The van der Waals surface area contributed by atoms with Crippen molar-refractivity contribution in [3.63, 3.8) is 0 Å². The molecule has 0 aliphatic heterocycles. The first-order valence-corrected chi connectivity index (χ1v) is 7.22. The maximum absolute atomic E-state index is 3.64. The highest BCUT2D eigenvalue weighted by atomic mass is 14.2. The topological polar surface area (TPSA) is 0 Å². The summed E-state index contributed by atoms with van der Waals surface area (Å²) < 4.78 is 0. The van der Waals surface area contributed by atoms with Crippen molar-refractivity contribution in [2.45, 2.75) is 78.6 Å². The molecule has 0 saturated heterocycles.